The molecule has 2 saturated heterocycles. The van der Waals surface area contributed by atoms with E-state index in [1.807, 2.05) is 6.07 Å². The van der Waals surface area contributed by atoms with Crippen molar-refractivity contribution in [3.8, 4) is 0 Å². The maximum absolute atomic E-state index is 13.7. The number of nitrogens with zero attached hydrogens (tertiary/aromatic N) is 3. The Hall–Kier alpha value is -2.97. The zero-order chi connectivity index (χ0) is 22.3. The number of rotatable bonds is 6. The van der Waals surface area contributed by atoms with Gasteiger partial charge in [0.2, 0.25) is 0 Å². The van der Waals surface area contributed by atoms with Crippen molar-refractivity contribution in [2.45, 2.75) is 18.7 Å². The van der Waals surface area contributed by atoms with E-state index in [4.69, 9.17) is 4.74 Å². The topological polar surface area (TPSA) is 69.2 Å². The van der Waals surface area contributed by atoms with Gasteiger partial charge in [-0.05, 0) is 17.7 Å². The van der Waals surface area contributed by atoms with Crippen molar-refractivity contribution in [3.63, 3.8) is 0 Å². The van der Waals surface area contributed by atoms with Crippen molar-refractivity contribution < 1.29 is 13.9 Å². The highest BCUT2D eigenvalue weighted by atomic mass is 19.1. The van der Waals surface area contributed by atoms with E-state index in [1.54, 1.807) is 19.2 Å². The van der Waals surface area contributed by atoms with E-state index in [-0.39, 0.29) is 11.7 Å². The Morgan fingerprint density at radius 2 is 1.84 bits per heavy atom. The van der Waals surface area contributed by atoms with Crippen molar-refractivity contribution in [2.75, 3.05) is 46.4 Å². The summed E-state index contributed by atoms with van der Waals surface area (Å²) in [5, 5.41) is 6.05. The van der Waals surface area contributed by atoms with Gasteiger partial charge in [-0.15, -0.1) is 0 Å². The number of morpholine rings is 1. The molecule has 2 aromatic rings. The van der Waals surface area contributed by atoms with Crippen LogP contribution in [0.2, 0.25) is 0 Å². The number of guanidine groups is 1. The van der Waals surface area contributed by atoms with Gasteiger partial charge in [0.15, 0.2) is 5.96 Å². The first-order chi connectivity index (χ1) is 15.7. The fourth-order valence-corrected chi connectivity index (χ4v) is 4.37. The molecule has 4 rings (SSSR count). The van der Waals surface area contributed by atoms with Gasteiger partial charge in [0.1, 0.15) is 5.82 Å². The summed E-state index contributed by atoms with van der Waals surface area (Å²) in [4.78, 5) is 21.3. The lowest BCUT2D eigenvalue weighted by Crippen LogP contribution is -2.50. The third-order valence-corrected chi connectivity index (χ3v) is 5.97. The molecule has 0 saturated carbocycles. The average Bonchev–Trinajstić information content (AvgIpc) is 3.25. The van der Waals surface area contributed by atoms with Gasteiger partial charge >= 0.3 is 0 Å². The number of halogens is 1. The minimum absolute atomic E-state index is 0.0520. The van der Waals surface area contributed by atoms with Crippen LogP contribution in [0.15, 0.2) is 59.6 Å². The number of ether oxygens (including phenoxy) is 1. The monoisotopic (exact) mass is 439 g/mol. The molecule has 32 heavy (non-hydrogen) atoms. The molecule has 2 heterocycles. The summed E-state index contributed by atoms with van der Waals surface area (Å²) in [6.07, 6.45) is 0.145. The van der Waals surface area contributed by atoms with Crippen LogP contribution in [0.1, 0.15) is 15.9 Å². The largest absolute Gasteiger partial charge is 0.373 e. The highest BCUT2D eigenvalue weighted by Crippen LogP contribution is 2.24. The molecule has 2 N–H and O–H groups in total. The summed E-state index contributed by atoms with van der Waals surface area (Å²) in [5.74, 6) is -0.159. The number of amides is 1. The van der Waals surface area contributed by atoms with Crippen LogP contribution in [0.25, 0.3) is 0 Å². The third kappa shape index (κ3) is 5.26. The zero-order valence-corrected chi connectivity index (χ0v) is 18.3. The van der Waals surface area contributed by atoms with E-state index in [1.165, 1.54) is 17.7 Å². The highest BCUT2D eigenvalue weighted by molar-refractivity contribution is 5.94. The van der Waals surface area contributed by atoms with Crippen LogP contribution in [0.3, 0.4) is 0 Å². The summed E-state index contributed by atoms with van der Waals surface area (Å²) in [7, 11) is 1.75. The van der Waals surface area contributed by atoms with Crippen molar-refractivity contribution >= 4 is 11.9 Å². The number of carbonyl (C=O) groups is 1. The quantitative estimate of drug-likeness (QED) is 0.408. The smallest absolute Gasteiger partial charge is 0.254 e. The first-order valence-electron chi connectivity index (χ1n) is 11.0. The van der Waals surface area contributed by atoms with E-state index in [0.717, 1.165) is 38.7 Å². The second kappa shape index (κ2) is 10.6. The number of aliphatic imine (C=N–C) groups is 1. The number of carbonyl (C=O) groups excluding carboxylic acids is 1. The molecule has 2 atom stereocenters. The van der Waals surface area contributed by atoms with E-state index in [0.29, 0.717) is 19.1 Å². The van der Waals surface area contributed by atoms with E-state index >= 15 is 0 Å². The first kappa shape index (κ1) is 22.2. The SMILES string of the molecule is CN=C(NCCNC(=O)c1ccccc1F)N1CC2OCCN(Cc3ccccc3)C2C1. The van der Waals surface area contributed by atoms with Crippen LogP contribution in [-0.2, 0) is 11.3 Å². The Balaban J connectivity index is 1.27. The fourth-order valence-electron chi connectivity index (χ4n) is 4.37. The van der Waals surface area contributed by atoms with Crippen LogP contribution >= 0.6 is 0 Å². The molecule has 0 aromatic heterocycles. The summed E-state index contributed by atoms with van der Waals surface area (Å²) < 4.78 is 19.8. The molecule has 8 heteroatoms. The molecule has 0 radical (unpaired) electrons. The Labute approximate surface area is 188 Å². The van der Waals surface area contributed by atoms with Crippen molar-refractivity contribution in [1.82, 2.24) is 20.4 Å². The number of hydrogen-bond acceptors (Lipinski definition) is 4. The third-order valence-electron chi connectivity index (χ3n) is 5.97. The summed E-state index contributed by atoms with van der Waals surface area (Å²) in [6.45, 7) is 5.02. The van der Waals surface area contributed by atoms with E-state index in [9.17, 15) is 9.18 Å². The maximum atomic E-state index is 13.7. The van der Waals surface area contributed by atoms with Gasteiger partial charge in [-0.3, -0.25) is 14.7 Å². The molecule has 0 aliphatic carbocycles. The van der Waals surface area contributed by atoms with Gasteiger partial charge in [-0.1, -0.05) is 42.5 Å². The standard InChI is InChI=1S/C24H30FN5O2/c1-26-24(28-12-11-27-23(31)19-9-5-6-10-20(19)25)30-16-21-22(17-30)32-14-13-29(21)15-18-7-3-2-4-8-18/h2-10,21-22H,11-17H2,1H3,(H,26,28)(H,27,31). The van der Waals surface area contributed by atoms with Gasteiger partial charge in [-0.25, -0.2) is 4.39 Å². The predicted octanol–water partition coefficient (Wildman–Crippen LogP) is 1.72. The number of likely N-dealkylation sites (tertiary alicyclic amines) is 1. The van der Waals surface area contributed by atoms with Gasteiger partial charge in [0, 0.05) is 46.3 Å². The van der Waals surface area contributed by atoms with Gasteiger partial charge < -0.3 is 20.3 Å². The van der Waals surface area contributed by atoms with Crippen LogP contribution in [-0.4, -0.2) is 80.2 Å². The van der Waals surface area contributed by atoms with Crippen molar-refractivity contribution in [2.24, 2.45) is 4.99 Å². The molecule has 1 amide bonds. The fraction of sp³-hybridized carbons (Fsp3) is 0.417. The molecule has 170 valence electrons. The normalized spacial score (nSPS) is 21.3. The lowest BCUT2D eigenvalue weighted by atomic mass is 10.1. The average molecular weight is 440 g/mol. The molecule has 7 nitrogen and oxygen atoms in total. The second-order valence-corrected chi connectivity index (χ2v) is 8.05. The van der Waals surface area contributed by atoms with Crippen LogP contribution in [0.5, 0.6) is 0 Å². The van der Waals surface area contributed by atoms with Gasteiger partial charge in [0.25, 0.3) is 5.91 Å². The number of nitrogens with one attached hydrogen (secondary N) is 2. The van der Waals surface area contributed by atoms with Crippen LogP contribution in [0.4, 0.5) is 4.39 Å². The lowest BCUT2D eigenvalue weighted by molar-refractivity contribution is -0.0502. The predicted molar refractivity (Wildman–Crippen MR) is 122 cm³/mol. The zero-order valence-electron chi connectivity index (χ0n) is 18.3. The number of hydrogen-bond donors (Lipinski definition) is 2. The molecular weight excluding hydrogens is 409 g/mol. The number of benzene rings is 2. The number of fused-ring (bicyclic) bond motifs is 1. The lowest BCUT2D eigenvalue weighted by Gasteiger charge is -2.36. The van der Waals surface area contributed by atoms with E-state index < -0.39 is 11.7 Å². The summed E-state index contributed by atoms with van der Waals surface area (Å²) >= 11 is 0. The molecule has 2 unspecified atom stereocenters. The molecule has 0 spiro atoms. The first-order valence-corrected chi connectivity index (χ1v) is 11.0. The van der Waals surface area contributed by atoms with Gasteiger partial charge in [-0.2, -0.15) is 0 Å². The van der Waals surface area contributed by atoms with Crippen molar-refractivity contribution in [3.05, 3.63) is 71.5 Å². The molecule has 2 aliphatic rings. The minimum atomic E-state index is -0.520. The highest BCUT2D eigenvalue weighted by Gasteiger charge is 2.41. The second-order valence-electron chi connectivity index (χ2n) is 8.05. The molecular formula is C24H30FN5O2. The van der Waals surface area contributed by atoms with E-state index in [2.05, 4.69) is 49.7 Å². The van der Waals surface area contributed by atoms with Gasteiger partial charge in [0.05, 0.1) is 24.3 Å². The summed E-state index contributed by atoms with van der Waals surface area (Å²) in [6, 6.07) is 16.8. The minimum Gasteiger partial charge on any atom is -0.373 e. The molecule has 2 aromatic carbocycles. The van der Waals surface area contributed by atoms with Crippen LogP contribution < -0.4 is 10.6 Å². The summed E-state index contributed by atoms with van der Waals surface area (Å²) in [5.41, 5.74) is 1.36. The Kier molecular flexibility index (Phi) is 7.34. The van der Waals surface area contributed by atoms with Crippen molar-refractivity contribution in [1.29, 1.82) is 0 Å². The molecule has 0 bridgehead atoms. The van der Waals surface area contributed by atoms with Crippen LogP contribution in [0, 0.1) is 5.82 Å². The Morgan fingerprint density at radius 1 is 1.09 bits per heavy atom. The Bertz CT molecular complexity index is 939. The maximum Gasteiger partial charge on any atom is 0.254 e. The molecule has 2 fully saturated rings. The molecule has 2 aliphatic heterocycles. The Morgan fingerprint density at radius 3 is 2.62 bits per heavy atom.